The summed E-state index contributed by atoms with van der Waals surface area (Å²) in [5, 5.41) is 3.73. The summed E-state index contributed by atoms with van der Waals surface area (Å²) >= 11 is 0. The number of para-hydroxylation sites is 1. The molecule has 2 aliphatic carbocycles. The molecular weight excluding hydrogens is 374 g/mol. The number of carbonyl (C=O) groups excluding carboxylic acids is 2. The summed E-state index contributed by atoms with van der Waals surface area (Å²) in [6.07, 6.45) is 4.28. The van der Waals surface area contributed by atoms with Crippen LogP contribution in [0.1, 0.15) is 19.3 Å². The lowest BCUT2D eigenvalue weighted by Crippen LogP contribution is -2.48. The highest BCUT2D eigenvalue weighted by molar-refractivity contribution is 6.01. The van der Waals surface area contributed by atoms with Crippen molar-refractivity contribution in [1.82, 2.24) is 14.9 Å². The minimum atomic E-state index is -0.404. The first kappa shape index (κ1) is 17.9. The molecule has 0 aliphatic heterocycles. The number of fused-ring (bicyclic) bond motifs is 5. The fourth-order valence-corrected chi connectivity index (χ4v) is 5.09. The number of carbonyl (C=O) groups is 2. The Labute approximate surface area is 165 Å². The first-order chi connectivity index (χ1) is 14.1. The zero-order chi connectivity index (χ0) is 20.1. The van der Waals surface area contributed by atoms with E-state index in [-0.39, 0.29) is 47.8 Å². The van der Waals surface area contributed by atoms with Crippen molar-refractivity contribution in [3.63, 3.8) is 0 Å². The molecule has 2 saturated carbocycles. The number of nitrogens with zero attached hydrogens (tertiary/aromatic N) is 2. The molecule has 5 rings (SSSR count). The molecule has 0 saturated heterocycles. The number of aromatic nitrogens is 2. The third-order valence-electron chi connectivity index (χ3n) is 6.38. The fourth-order valence-electron chi connectivity index (χ4n) is 5.09. The third-order valence-corrected chi connectivity index (χ3v) is 6.38. The maximum atomic E-state index is 12.8. The summed E-state index contributed by atoms with van der Waals surface area (Å²) in [6, 6.07) is 7.05. The Balaban J connectivity index is 1.39. The Kier molecular flexibility index (Phi) is 4.15. The van der Waals surface area contributed by atoms with Crippen LogP contribution in [0.2, 0.25) is 0 Å². The van der Waals surface area contributed by atoms with Crippen molar-refractivity contribution in [1.29, 1.82) is 0 Å². The molecule has 2 aliphatic rings. The second-order valence-corrected chi connectivity index (χ2v) is 7.93. The van der Waals surface area contributed by atoms with Crippen LogP contribution in [0, 0.1) is 17.8 Å². The summed E-state index contributed by atoms with van der Waals surface area (Å²) in [6.45, 7) is -0.180. The lowest BCUT2D eigenvalue weighted by Gasteiger charge is -2.29. The van der Waals surface area contributed by atoms with Gasteiger partial charge in [-0.05, 0) is 43.2 Å². The predicted molar refractivity (Wildman–Crippen MR) is 104 cm³/mol. The number of esters is 1. The summed E-state index contributed by atoms with van der Waals surface area (Å²) in [5.41, 5.74) is 0.797. The van der Waals surface area contributed by atoms with Gasteiger partial charge >= 0.3 is 5.97 Å². The average Bonchev–Trinajstić information content (AvgIpc) is 3.42. The van der Waals surface area contributed by atoms with E-state index in [1.54, 1.807) is 6.07 Å². The fraction of sp³-hybridized carbons (Fsp3) is 0.429. The van der Waals surface area contributed by atoms with E-state index in [9.17, 15) is 14.4 Å². The van der Waals surface area contributed by atoms with Crippen molar-refractivity contribution in [3.05, 3.63) is 40.9 Å². The third kappa shape index (κ3) is 2.82. The van der Waals surface area contributed by atoms with E-state index in [2.05, 4.69) is 10.3 Å². The molecular formula is C21H21N3O5. The van der Waals surface area contributed by atoms with Crippen LogP contribution in [0.4, 0.5) is 0 Å². The van der Waals surface area contributed by atoms with E-state index in [1.165, 1.54) is 18.0 Å². The molecule has 2 heterocycles. The summed E-state index contributed by atoms with van der Waals surface area (Å²) in [4.78, 5) is 42.0. The van der Waals surface area contributed by atoms with Crippen molar-refractivity contribution < 1.29 is 18.7 Å². The Morgan fingerprint density at radius 1 is 1.28 bits per heavy atom. The number of amides is 1. The molecule has 1 amide bonds. The molecule has 0 unspecified atom stereocenters. The topological polar surface area (TPSA) is 103 Å². The van der Waals surface area contributed by atoms with Gasteiger partial charge in [0, 0.05) is 11.4 Å². The van der Waals surface area contributed by atoms with Gasteiger partial charge in [0.15, 0.2) is 0 Å². The van der Waals surface area contributed by atoms with Gasteiger partial charge in [-0.3, -0.25) is 19.0 Å². The van der Waals surface area contributed by atoms with Crippen LogP contribution >= 0.6 is 0 Å². The van der Waals surface area contributed by atoms with Crippen molar-refractivity contribution in [2.75, 3.05) is 7.11 Å². The van der Waals surface area contributed by atoms with Crippen LogP contribution in [-0.2, 0) is 20.9 Å². The largest absolute Gasteiger partial charge is 0.469 e. The van der Waals surface area contributed by atoms with E-state index in [0.717, 1.165) is 24.6 Å². The SMILES string of the molecule is COC(=O)[C@H]1[C@H]2CC[C@@H](C2)[C@@H]1NC(=O)Cn1cnc2c(oc3ccccc32)c1=O. The molecule has 8 heteroatoms. The molecule has 0 radical (unpaired) electrons. The van der Waals surface area contributed by atoms with E-state index < -0.39 is 5.56 Å². The molecule has 29 heavy (non-hydrogen) atoms. The molecule has 150 valence electrons. The smallest absolute Gasteiger partial charge is 0.311 e. The summed E-state index contributed by atoms with van der Waals surface area (Å²) in [7, 11) is 1.38. The highest BCUT2D eigenvalue weighted by Gasteiger charge is 2.51. The van der Waals surface area contributed by atoms with Crippen LogP contribution in [-0.4, -0.2) is 34.6 Å². The van der Waals surface area contributed by atoms with Gasteiger partial charge < -0.3 is 14.5 Å². The van der Waals surface area contributed by atoms with Crippen LogP contribution in [0.5, 0.6) is 0 Å². The standard InChI is InChI=1S/C21H21N3O5/c1-28-21(27)16-11-6-7-12(8-11)17(16)23-15(25)9-24-10-22-18-13-4-2-3-5-14(13)29-19(18)20(24)26/h2-5,10-12,16-17H,6-9H2,1H3,(H,23,25)/t11-,12-,16-,17-/m0/s1. The number of rotatable bonds is 4. The zero-order valence-corrected chi connectivity index (χ0v) is 16.0. The lowest BCUT2D eigenvalue weighted by atomic mass is 9.84. The number of benzene rings is 1. The molecule has 8 nitrogen and oxygen atoms in total. The van der Waals surface area contributed by atoms with Crippen LogP contribution < -0.4 is 10.9 Å². The van der Waals surface area contributed by atoms with Gasteiger partial charge in [-0.25, -0.2) is 4.98 Å². The van der Waals surface area contributed by atoms with Gasteiger partial charge in [0.2, 0.25) is 11.5 Å². The first-order valence-electron chi connectivity index (χ1n) is 9.80. The number of nitrogens with one attached hydrogen (secondary N) is 1. The van der Waals surface area contributed by atoms with Gasteiger partial charge in [0.25, 0.3) is 5.56 Å². The van der Waals surface area contributed by atoms with Crippen molar-refractivity contribution in [3.8, 4) is 0 Å². The minimum Gasteiger partial charge on any atom is -0.469 e. The van der Waals surface area contributed by atoms with Crippen molar-refractivity contribution in [2.45, 2.75) is 31.8 Å². The first-order valence-corrected chi connectivity index (χ1v) is 9.80. The second-order valence-electron chi connectivity index (χ2n) is 7.93. The summed E-state index contributed by atoms with van der Waals surface area (Å²) < 4.78 is 11.8. The van der Waals surface area contributed by atoms with Crippen LogP contribution in [0.25, 0.3) is 22.1 Å². The molecule has 2 bridgehead atoms. The van der Waals surface area contributed by atoms with E-state index >= 15 is 0 Å². The molecule has 4 atom stereocenters. The average molecular weight is 395 g/mol. The number of furan rings is 1. The van der Waals surface area contributed by atoms with E-state index in [0.29, 0.717) is 11.1 Å². The van der Waals surface area contributed by atoms with Crippen molar-refractivity contribution >= 4 is 33.9 Å². The Morgan fingerprint density at radius 3 is 2.90 bits per heavy atom. The van der Waals surface area contributed by atoms with Gasteiger partial charge in [0.1, 0.15) is 17.6 Å². The highest BCUT2D eigenvalue weighted by atomic mass is 16.5. The predicted octanol–water partition coefficient (Wildman–Crippen LogP) is 1.85. The molecule has 2 fully saturated rings. The molecule has 2 aromatic heterocycles. The maximum absolute atomic E-state index is 12.8. The quantitative estimate of drug-likeness (QED) is 0.676. The second kappa shape index (κ2) is 6.72. The number of hydrogen-bond acceptors (Lipinski definition) is 6. The minimum absolute atomic E-state index is 0.133. The number of hydrogen-bond donors (Lipinski definition) is 1. The molecule has 1 aromatic carbocycles. The lowest BCUT2D eigenvalue weighted by molar-refractivity contribution is -0.148. The van der Waals surface area contributed by atoms with E-state index in [1.807, 2.05) is 18.2 Å². The molecule has 1 N–H and O–H groups in total. The van der Waals surface area contributed by atoms with Gasteiger partial charge in [-0.15, -0.1) is 0 Å². The number of ether oxygens (including phenoxy) is 1. The van der Waals surface area contributed by atoms with Crippen molar-refractivity contribution in [2.24, 2.45) is 17.8 Å². The Hall–Kier alpha value is -3.16. The highest BCUT2D eigenvalue weighted by Crippen LogP contribution is 2.48. The molecule has 0 spiro atoms. The van der Waals surface area contributed by atoms with Crippen LogP contribution in [0.15, 0.2) is 39.8 Å². The Bertz CT molecular complexity index is 1180. The molecule has 3 aromatic rings. The van der Waals surface area contributed by atoms with E-state index in [4.69, 9.17) is 9.15 Å². The monoisotopic (exact) mass is 395 g/mol. The van der Waals surface area contributed by atoms with Gasteiger partial charge in [-0.1, -0.05) is 12.1 Å². The maximum Gasteiger partial charge on any atom is 0.311 e. The number of methoxy groups -OCH3 is 1. The normalized spacial score (nSPS) is 25.6. The van der Waals surface area contributed by atoms with Gasteiger partial charge in [0.05, 0.1) is 19.4 Å². The Morgan fingerprint density at radius 2 is 2.07 bits per heavy atom. The zero-order valence-electron chi connectivity index (χ0n) is 16.0. The van der Waals surface area contributed by atoms with Crippen LogP contribution in [0.3, 0.4) is 0 Å². The van der Waals surface area contributed by atoms with Gasteiger partial charge in [-0.2, -0.15) is 0 Å². The summed E-state index contributed by atoms with van der Waals surface area (Å²) in [5.74, 6) is -0.369.